The summed E-state index contributed by atoms with van der Waals surface area (Å²) in [5.41, 5.74) is 2.71. The molecule has 0 bridgehead atoms. The van der Waals surface area contributed by atoms with E-state index in [0.29, 0.717) is 0 Å². The summed E-state index contributed by atoms with van der Waals surface area (Å²) in [6.45, 7) is 0. The monoisotopic (exact) mass is 387 g/mol. The van der Waals surface area contributed by atoms with Crippen LogP contribution in [0.4, 0.5) is 13.2 Å². The van der Waals surface area contributed by atoms with Crippen LogP contribution >= 0.6 is 23.8 Å². The second-order valence-corrected chi connectivity index (χ2v) is 5.98. The van der Waals surface area contributed by atoms with Crippen LogP contribution in [0.5, 0.6) is 0 Å². The van der Waals surface area contributed by atoms with Crippen molar-refractivity contribution >= 4 is 34.7 Å². The van der Waals surface area contributed by atoms with Crippen molar-refractivity contribution in [2.45, 2.75) is 11.6 Å². The van der Waals surface area contributed by atoms with Crippen molar-refractivity contribution in [3.63, 3.8) is 0 Å². The fourth-order valence-corrected chi connectivity index (χ4v) is 3.01. The van der Waals surface area contributed by atoms with Crippen LogP contribution in [-0.4, -0.2) is 22.9 Å². The summed E-state index contributed by atoms with van der Waals surface area (Å²) in [4.78, 5) is 16.3. The van der Waals surface area contributed by atoms with Crippen molar-refractivity contribution in [1.82, 2.24) is 10.3 Å². The minimum absolute atomic E-state index is 0.0888. The molecular formula is C16H13ClF3N3OS. The zero-order valence-corrected chi connectivity index (χ0v) is 14.5. The number of rotatable bonds is 4. The van der Waals surface area contributed by atoms with Gasteiger partial charge in [0.25, 0.3) is 0 Å². The average molecular weight is 388 g/mol. The molecule has 1 aromatic heterocycles. The summed E-state index contributed by atoms with van der Waals surface area (Å²) < 4.78 is 39.3. The molecule has 0 radical (unpaired) electrons. The number of hydrogen-bond donors (Lipinski definition) is 2. The van der Waals surface area contributed by atoms with Crippen LogP contribution in [0.3, 0.4) is 0 Å². The molecule has 25 heavy (non-hydrogen) atoms. The Bertz CT molecular complexity index is 828. The fraction of sp³-hybridized carbons (Fsp3) is 0.188. The molecule has 0 fully saturated rings. The van der Waals surface area contributed by atoms with Crippen LogP contribution in [0.1, 0.15) is 16.8 Å². The van der Waals surface area contributed by atoms with Gasteiger partial charge in [0.15, 0.2) is 5.41 Å². The maximum atomic E-state index is 13.1. The molecule has 2 rings (SSSR count). The third-order valence-electron chi connectivity index (χ3n) is 3.67. The number of aromatic nitrogens is 1. The predicted octanol–water partition coefficient (Wildman–Crippen LogP) is 3.07. The lowest BCUT2D eigenvalue weighted by Gasteiger charge is -2.31. The Hall–Kier alpha value is -2.19. The Morgan fingerprint density at radius 2 is 1.92 bits per heavy atom. The number of carbonyl (C=O) groups excluding carboxylic acids is 1. The number of nitrogens with one attached hydrogen (secondary N) is 1. The van der Waals surface area contributed by atoms with E-state index in [0.717, 1.165) is 18.3 Å². The Balaban J connectivity index is 2.85. The first kappa shape index (κ1) is 19.1. The number of alkyl halides is 3. The minimum Gasteiger partial charge on any atom is -0.381 e. The number of primary amides is 1. The first-order valence-corrected chi connectivity index (χ1v) is 7.74. The molecule has 0 aliphatic carbocycles. The van der Waals surface area contributed by atoms with Crippen molar-refractivity contribution in [2.24, 2.45) is 5.73 Å². The van der Waals surface area contributed by atoms with Crippen LogP contribution in [0.2, 0.25) is 5.02 Å². The smallest absolute Gasteiger partial charge is 0.381 e. The molecule has 2 aromatic rings. The molecule has 1 atom stereocenters. The van der Waals surface area contributed by atoms with Crippen LogP contribution in [0.15, 0.2) is 42.6 Å². The molecule has 4 nitrogen and oxygen atoms in total. The standard InChI is InChI=1S/C16H13ClF3N3OS/c1-22-14(25)15(13(21)24,9-3-2-4-11(17)7-9)12-8-10(5-6-23-12)16(18,19)20/h2-8H,1H3,(H2,21,24)(H,22,25). The summed E-state index contributed by atoms with van der Waals surface area (Å²) in [5, 5.41) is 2.90. The lowest BCUT2D eigenvalue weighted by atomic mass is 9.75. The van der Waals surface area contributed by atoms with E-state index in [2.05, 4.69) is 10.3 Å². The van der Waals surface area contributed by atoms with Crippen LogP contribution in [-0.2, 0) is 16.4 Å². The van der Waals surface area contributed by atoms with Gasteiger partial charge < -0.3 is 11.1 Å². The second-order valence-electron chi connectivity index (χ2n) is 5.13. The predicted molar refractivity (Wildman–Crippen MR) is 92.3 cm³/mol. The van der Waals surface area contributed by atoms with Crippen LogP contribution in [0.25, 0.3) is 0 Å². The van der Waals surface area contributed by atoms with E-state index in [1.807, 2.05) is 0 Å². The number of hydrogen-bond acceptors (Lipinski definition) is 3. The van der Waals surface area contributed by atoms with Gasteiger partial charge in [-0.15, -0.1) is 0 Å². The van der Waals surface area contributed by atoms with E-state index in [9.17, 15) is 18.0 Å². The second kappa shape index (κ2) is 6.97. The normalized spacial score (nSPS) is 13.8. The van der Waals surface area contributed by atoms with E-state index in [1.54, 1.807) is 12.1 Å². The van der Waals surface area contributed by atoms with Gasteiger partial charge >= 0.3 is 6.18 Å². The molecule has 1 amide bonds. The molecule has 0 aliphatic rings. The highest BCUT2D eigenvalue weighted by Gasteiger charge is 2.47. The van der Waals surface area contributed by atoms with Gasteiger partial charge in [-0.1, -0.05) is 36.0 Å². The van der Waals surface area contributed by atoms with Crippen molar-refractivity contribution in [3.8, 4) is 0 Å². The summed E-state index contributed by atoms with van der Waals surface area (Å²) in [7, 11) is 1.44. The first-order valence-electron chi connectivity index (χ1n) is 6.96. The molecule has 0 saturated heterocycles. The molecule has 0 spiro atoms. The molecule has 1 heterocycles. The largest absolute Gasteiger partial charge is 0.416 e. The van der Waals surface area contributed by atoms with Gasteiger partial charge in [0, 0.05) is 18.3 Å². The summed E-state index contributed by atoms with van der Waals surface area (Å²) in [6.07, 6.45) is -3.66. The zero-order valence-electron chi connectivity index (χ0n) is 12.9. The lowest BCUT2D eigenvalue weighted by Crippen LogP contribution is -2.53. The van der Waals surface area contributed by atoms with Crippen molar-refractivity contribution in [3.05, 3.63) is 64.4 Å². The van der Waals surface area contributed by atoms with Gasteiger partial charge in [-0.25, -0.2) is 0 Å². The van der Waals surface area contributed by atoms with E-state index in [-0.39, 0.29) is 21.3 Å². The number of nitrogens with two attached hydrogens (primary N) is 1. The maximum Gasteiger partial charge on any atom is 0.416 e. The molecule has 0 saturated carbocycles. The van der Waals surface area contributed by atoms with Gasteiger partial charge in [-0.05, 0) is 29.8 Å². The zero-order chi connectivity index (χ0) is 18.8. The van der Waals surface area contributed by atoms with Crippen molar-refractivity contribution in [1.29, 1.82) is 0 Å². The highest BCUT2D eigenvalue weighted by atomic mass is 35.5. The Morgan fingerprint density at radius 3 is 2.44 bits per heavy atom. The first-order chi connectivity index (χ1) is 11.6. The number of likely N-dealkylation sites (N-methyl/N-ethyl adjacent to an activating group) is 1. The average Bonchev–Trinajstić information content (AvgIpc) is 2.54. The quantitative estimate of drug-likeness (QED) is 0.791. The minimum atomic E-state index is -4.61. The number of nitrogens with zero attached hydrogens (tertiary/aromatic N) is 1. The molecule has 3 N–H and O–H groups in total. The highest BCUT2D eigenvalue weighted by molar-refractivity contribution is 7.80. The van der Waals surface area contributed by atoms with E-state index < -0.39 is 23.1 Å². The van der Waals surface area contributed by atoms with Crippen LogP contribution in [0, 0.1) is 0 Å². The molecule has 1 unspecified atom stereocenters. The summed E-state index contributed by atoms with van der Waals surface area (Å²) >= 11 is 11.2. The molecule has 9 heteroatoms. The molecule has 1 aromatic carbocycles. The van der Waals surface area contributed by atoms with E-state index >= 15 is 0 Å². The Kier molecular flexibility index (Phi) is 5.34. The highest BCUT2D eigenvalue weighted by Crippen LogP contribution is 2.37. The number of pyridine rings is 1. The van der Waals surface area contributed by atoms with Gasteiger partial charge in [0.1, 0.15) is 4.99 Å². The number of carbonyl (C=O) groups is 1. The molecule has 132 valence electrons. The maximum absolute atomic E-state index is 13.1. The lowest BCUT2D eigenvalue weighted by molar-refractivity contribution is -0.137. The Morgan fingerprint density at radius 1 is 1.24 bits per heavy atom. The third-order valence-corrected chi connectivity index (χ3v) is 4.41. The van der Waals surface area contributed by atoms with Crippen molar-refractivity contribution in [2.75, 3.05) is 7.05 Å². The van der Waals surface area contributed by atoms with Gasteiger partial charge in [-0.3, -0.25) is 9.78 Å². The van der Waals surface area contributed by atoms with Crippen molar-refractivity contribution < 1.29 is 18.0 Å². The van der Waals surface area contributed by atoms with E-state index in [4.69, 9.17) is 29.6 Å². The number of benzene rings is 1. The number of halogens is 4. The van der Waals surface area contributed by atoms with Crippen LogP contribution < -0.4 is 11.1 Å². The van der Waals surface area contributed by atoms with E-state index in [1.165, 1.54) is 19.2 Å². The van der Waals surface area contributed by atoms with Gasteiger partial charge in [-0.2, -0.15) is 13.2 Å². The topological polar surface area (TPSA) is 68.0 Å². The molecular weight excluding hydrogens is 375 g/mol. The summed E-state index contributed by atoms with van der Waals surface area (Å²) in [6, 6.07) is 7.57. The van der Waals surface area contributed by atoms with Gasteiger partial charge in [0.05, 0.1) is 11.3 Å². The summed E-state index contributed by atoms with van der Waals surface area (Å²) in [5.74, 6) is -0.971. The number of amides is 1. The SMILES string of the molecule is CNC(=S)C(C(N)=O)(c1cccc(Cl)c1)c1cc(C(F)(F)F)ccn1. The fourth-order valence-electron chi connectivity index (χ4n) is 2.50. The molecule has 0 aliphatic heterocycles. The van der Waals surface area contributed by atoms with Gasteiger partial charge in [0.2, 0.25) is 5.91 Å². The number of thiocarbonyl (C=S) groups is 1. The Labute approximate surface area is 152 Å². The third kappa shape index (κ3) is 3.45.